The van der Waals surface area contributed by atoms with Gasteiger partial charge in [-0.25, -0.2) is 4.98 Å². The molecule has 70 valence electrons. The van der Waals surface area contributed by atoms with E-state index in [1.807, 2.05) is 13.8 Å². The molecule has 2 rings (SSSR count). The van der Waals surface area contributed by atoms with E-state index in [4.69, 9.17) is 11.0 Å². The molecule has 0 saturated heterocycles. The van der Waals surface area contributed by atoms with Crippen molar-refractivity contribution in [2.45, 2.75) is 13.8 Å². The molecule has 2 N–H and O–H groups in total. The largest absolute Gasteiger partial charge is 0.398 e. The van der Waals surface area contributed by atoms with Crippen molar-refractivity contribution in [3.63, 3.8) is 0 Å². The van der Waals surface area contributed by atoms with Crippen LogP contribution in [-0.2, 0) is 0 Å². The summed E-state index contributed by atoms with van der Waals surface area (Å²) in [6.07, 6.45) is 0. The van der Waals surface area contributed by atoms with Crippen LogP contribution in [0, 0.1) is 25.2 Å². The highest BCUT2D eigenvalue weighted by molar-refractivity contribution is 7.19. The summed E-state index contributed by atoms with van der Waals surface area (Å²) in [4.78, 5) is 6.19. The molecule has 0 spiro atoms. The summed E-state index contributed by atoms with van der Waals surface area (Å²) >= 11 is 1.52. The molecule has 0 fully saturated rings. The van der Waals surface area contributed by atoms with Crippen molar-refractivity contribution in [1.82, 2.24) is 4.98 Å². The van der Waals surface area contributed by atoms with Gasteiger partial charge in [-0.15, -0.1) is 11.3 Å². The number of hydrogen-bond acceptors (Lipinski definition) is 4. The molecule has 0 atom stereocenters. The fourth-order valence-corrected chi connectivity index (χ4v) is 2.55. The number of nitrogen functional groups attached to an aromatic ring is 1. The van der Waals surface area contributed by atoms with E-state index < -0.39 is 0 Å². The van der Waals surface area contributed by atoms with Gasteiger partial charge in [-0.1, -0.05) is 0 Å². The lowest BCUT2D eigenvalue weighted by Gasteiger charge is -1.98. The van der Waals surface area contributed by atoms with Crippen LogP contribution in [0.25, 0.3) is 10.2 Å². The monoisotopic (exact) mass is 203 g/mol. The van der Waals surface area contributed by atoms with E-state index in [0.717, 1.165) is 20.8 Å². The van der Waals surface area contributed by atoms with Gasteiger partial charge in [-0.2, -0.15) is 5.26 Å². The maximum absolute atomic E-state index is 8.97. The minimum Gasteiger partial charge on any atom is -0.398 e. The Morgan fingerprint density at radius 3 is 2.86 bits per heavy atom. The average Bonchev–Trinajstić information content (AvgIpc) is 2.40. The lowest BCUT2D eigenvalue weighted by atomic mass is 10.1. The molecule has 14 heavy (non-hydrogen) atoms. The molecule has 0 aromatic carbocycles. The molecule has 0 aliphatic carbocycles. The molecule has 2 aromatic rings. The van der Waals surface area contributed by atoms with Gasteiger partial charge >= 0.3 is 0 Å². The van der Waals surface area contributed by atoms with Crippen LogP contribution >= 0.6 is 11.3 Å². The number of rotatable bonds is 0. The zero-order valence-electron chi connectivity index (χ0n) is 7.96. The van der Waals surface area contributed by atoms with Gasteiger partial charge < -0.3 is 5.73 Å². The maximum Gasteiger partial charge on any atom is 0.127 e. The highest BCUT2D eigenvalue weighted by atomic mass is 32.1. The van der Waals surface area contributed by atoms with Gasteiger partial charge in [0.25, 0.3) is 0 Å². The minimum absolute atomic E-state index is 0.647. The van der Waals surface area contributed by atoms with Crippen LogP contribution in [0.4, 0.5) is 5.69 Å². The normalized spacial score (nSPS) is 10.4. The maximum atomic E-state index is 8.97. The molecule has 2 aromatic heterocycles. The van der Waals surface area contributed by atoms with Gasteiger partial charge in [-0.05, 0) is 19.9 Å². The third-order valence-electron chi connectivity index (χ3n) is 2.11. The molecule has 0 aliphatic rings. The molecule has 0 bridgehead atoms. The van der Waals surface area contributed by atoms with E-state index in [1.54, 1.807) is 6.07 Å². The lowest BCUT2D eigenvalue weighted by Crippen LogP contribution is -1.90. The first kappa shape index (κ1) is 8.97. The van der Waals surface area contributed by atoms with Crippen molar-refractivity contribution in [2.75, 3.05) is 5.73 Å². The van der Waals surface area contributed by atoms with E-state index in [2.05, 4.69) is 11.1 Å². The van der Waals surface area contributed by atoms with Crippen LogP contribution in [-0.4, -0.2) is 4.98 Å². The molecular weight excluding hydrogens is 194 g/mol. The smallest absolute Gasteiger partial charge is 0.127 e. The van der Waals surface area contributed by atoms with Crippen LogP contribution in [0.15, 0.2) is 6.07 Å². The highest BCUT2D eigenvalue weighted by Gasteiger charge is 2.12. The van der Waals surface area contributed by atoms with E-state index in [0.29, 0.717) is 11.3 Å². The Balaban J connectivity index is 2.97. The number of aryl methyl sites for hydroxylation is 2. The predicted molar refractivity (Wildman–Crippen MR) is 58.2 cm³/mol. The number of thiophene rings is 1. The molecule has 0 amide bonds. The van der Waals surface area contributed by atoms with E-state index in [9.17, 15) is 0 Å². The first-order valence-corrected chi connectivity index (χ1v) is 5.01. The van der Waals surface area contributed by atoms with Crippen molar-refractivity contribution in [2.24, 2.45) is 0 Å². The summed E-state index contributed by atoms with van der Waals surface area (Å²) in [6, 6.07) is 3.97. The Morgan fingerprint density at radius 2 is 2.21 bits per heavy atom. The Labute approximate surface area is 85.8 Å². The summed E-state index contributed by atoms with van der Waals surface area (Å²) < 4.78 is 0. The molecule has 0 radical (unpaired) electrons. The lowest BCUT2D eigenvalue weighted by molar-refractivity contribution is 1.27. The quantitative estimate of drug-likeness (QED) is 0.715. The number of nitrogens with two attached hydrogens (primary N) is 1. The third-order valence-corrected chi connectivity index (χ3v) is 3.11. The number of hydrogen-bond donors (Lipinski definition) is 1. The average molecular weight is 203 g/mol. The molecule has 4 heteroatoms. The van der Waals surface area contributed by atoms with E-state index in [-0.39, 0.29) is 0 Å². The standard InChI is InChI=1S/C10H9N3S/c1-5-3-8(12)9-7(4-11)6(2)14-10(9)13-5/h3H,1-2H3,(H2,12,13). The van der Waals surface area contributed by atoms with E-state index >= 15 is 0 Å². The Hall–Kier alpha value is -1.60. The topological polar surface area (TPSA) is 62.7 Å². The van der Waals surface area contributed by atoms with Gasteiger partial charge in [0, 0.05) is 16.3 Å². The molecule has 0 saturated carbocycles. The first-order chi connectivity index (χ1) is 6.63. The number of aromatic nitrogens is 1. The molecule has 0 aliphatic heterocycles. The zero-order valence-corrected chi connectivity index (χ0v) is 8.77. The van der Waals surface area contributed by atoms with Crippen LogP contribution < -0.4 is 5.73 Å². The van der Waals surface area contributed by atoms with E-state index in [1.165, 1.54) is 11.3 Å². The second kappa shape index (κ2) is 2.96. The SMILES string of the molecule is Cc1cc(N)c2c(C#N)c(C)sc2n1. The van der Waals surface area contributed by atoms with Crippen LogP contribution in [0.3, 0.4) is 0 Å². The summed E-state index contributed by atoms with van der Waals surface area (Å²) in [5, 5.41) is 9.78. The van der Waals surface area contributed by atoms with Crippen molar-refractivity contribution < 1.29 is 0 Å². The zero-order chi connectivity index (χ0) is 10.3. The molecule has 3 nitrogen and oxygen atoms in total. The number of nitriles is 1. The Kier molecular flexibility index (Phi) is 1.90. The first-order valence-electron chi connectivity index (χ1n) is 4.20. The van der Waals surface area contributed by atoms with Crippen molar-refractivity contribution in [3.8, 4) is 6.07 Å². The number of anilines is 1. The molecule has 2 heterocycles. The number of nitrogens with zero attached hydrogens (tertiary/aromatic N) is 2. The molecular formula is C10H9N3S. The van der Waals surface area contributed by atoms with Crippen molar-refractivity contribution in [1.29, 1.82) is 5.26 Å². The van der Waals surface area contributed by atoms with Gasteiger partial charge in [0.15, 0.2) is 0 Å². The fourth-order valence-electron chi connectivity index (χ4n) is 1.50. The van der Waals surface area contributed by atoms with Gasteiger partial charge in [0.05, 0.1) is 10.9 Å². The fraction of sp³-hybridized carbons (Fsp3) is 0.200. The van der Waals surface area contributed by atoms with Gasteiger partial charge in [0.1, 0.15) is 10.9 Å². The second-order valence-electron chi connectivity index (χ2n) is 3.18. The van der Waals surface area contributed by atoms with Crippen LogP contribution in [0.5, 0.6) is 0 Å². The number of pyridine rings is 1. The second-order valence-corrected chi connectivity index (χ2v) is 4.38. The predicted octanol–water partition coefficient (Wildman–Crippen LogP) is 2.37. The minimum atomic E-state index is 0.647. The van der Waals surface area contributed by atoms with Gasteiger partial charge in [0.2, 0.25) is 0 Å². The Bertz CT molecular complexity index is 548. The summed E-state index contributed by atoms with van der Waals surface area (Å²) in [5.41, 5.74) is 8.06. The van der Waals surface area contributed by atoms with Crippen LogP contribution in [0.2, 0.25) is 0 Å². The van der Waals surface area contributed by atoms with Crippen molar-refractivity contribution >= 4 is 27.2 Å². The van der Waals surface area contributed by atoms with Gasteiger partial charge in [-0.3, -0.25) is 0 Å². The summed E-state index contributed by atoms with van der Waals surface area (Å²) in [7, 11) is 0. The number of fused-ring (bicyclic) bond motifs is 1. The third kappa shape index (κ3) is 1.14. The van der Waals surface area contributed by atoms with Crippen LogP contribution in [0.1, 0.15) is 16.1 Å². The Morgan fingerprint density at radius 1 is 1.50 bits per heavy atom. The highest BCUT2D eigenvalue weighted by Crippen LogP contribution is 2.33. The molecule has 0 unspecified atom stereocenters. The summed E-state index contributed by atoms with van der Waals surface area (Å²) in [5.74, 6) is 0. The van der Waals surface area contributed by atoms with Crippen molar-refractivity contribution in [3.05, 3.63) is 22.2 Å². The summed E-state index contributed by atoms with van der Waals surface area (Å²) in [6.45, 7) is 3.82.